The van der Waals surface area contributed by atoms with Crippen LogP contribution in [-0.4, -0.2) is 29.9 Å². The Kier molecular flexibility index (Phi) is 10.5. The van der Waals surface area contributed by atoms with Crippen LogP contribution in [0.5, 0.6) is 0 Å². The lowest BCUT2D eigenvalue weighted by Crippen LogP contribution is -2.25. The molecule has 6 nitrogen and oxygen atoms in total. The van der Waals surface area contributed by atoms with Crippen molar-refractivity contribution in [3.63, 3.8) is 0 Å². The first kappa shape index (κ1) is 23.9. The van der Waals surface area contributed by atoms with E-state index in [0.29, 0.717) is 30.1 Å². The van der Waals surface area contributed by atoms with Crippen molar-refractivity contribution < 1.29 is 9.59 Å². The average molecular weight is 425 g/mol. The molecule has 1 aromatic carbocycles. The number of anilines is 1. The minimum atomic E-state index is -0.218. The number of hydrogen-bond acceptors (Lipinski definition) is 4. The van der Waals surface area contributed by atoms with Crippen LogP contribution in [0.4, 0.5) is 5.69 Å². The molecule has 28 heavy (non-hydrogen) atoms. The Morgan fingerprint density at radius 3 is 2.68 bits per heavy atom. The standard InChI is InChI=1S/C20H24N4O2.2ClH/c25-19(8-7-15-9-11-22-12-15)24-18-6-2-1-5-17(18)20(26)23-14-16-4-3-10-21-13-16;;/h1-6,10,13,15,22H,7-9,11-12,14H2,(H,23,26)(H,24,25);2*1H. The number of para-hydroxylation sites is 1. The molecule has 1 atom stereocenters. The largest absolute Gasteiger partial charge is 0.348 e. The number of pyridine rings is 1. The summed E-state index contributed by atoms with van der Waals surface area (Å²) in [6.45, 7) is 2.41. The van der Waals surface area contributed by atoms with Gasteiger partial charge in [0, 0.05) is 25.4 Å². The zero-order valence-corrected chi connectivity index (χ0v) is 17.2. The maximum absolute atomic E-state index is 12.5. The van der Waals surface area contributed by atoms with Crippen molar-refractivity contribution in [2.24, 2.45) is 5.92 Å². The normalized spacial score (nSPS) is 15.1. The highest BCUT2D eigenvalue weighted by molar-refractivity contribution is 6.03. The van der Waals surface area contributed by atoms with Gasteiger partial charge in [-0.05, 0) is 55.6 Å². The second-order valence-electron chi connectivity index (χ2n) is 6.54. The van der Waals surface area contributed by atoms with Crippen molar-refractivity contribution in [3.05, 3.63) is 59.9 Å². The van der Waals surface area contributed by atoms with Gasteiger partial charge in [-0.3, -0.25) is 14.6 Å². The third-order valence-corrected chi connectivity index (χ3v) is 4.56. The minimum absolute atomic E-state index is 0. The summed E-state index contributed by atoms with van der Waals surface area (Å²) in [5.41, 5.74) is 1.94. The van der Waals surface area contributed by atoms with Gasteiger partial charge in [0.25, 0.3) is 5.91 Å². The fourth-order valence-electron chi connectivity index (χ4n) is 3.08. The quantitative estimate of drug-likeness (QED) is 0.637. The van der Waals surface area contributed by atoms with E-state index in [2.05, 4.69) is 20.9 Å². The van der Waals surface area contributed by atoms with E-state index in [9.17, 15) is 9.59 Å². The van der Waals surface area contributed by atoms with Crippen molar-refractivity contribution in [2.45, 2.75) is 25.8 Å². The molecule has 2 aromatic rings. The second kappa shape index (κ2) is 12.3. The molecule has 0 spiro atoms. The van der Waals surface area contributed by atoms with E-state index in [1.807, 2.05) is 18.2 Å². The van der Waals surface area contributed by atoms with Crippen LogP contribution < -0.4 is 16.0 Å². The lowest BCUT2D eigenvalue weighted by Gasteiger charge is -2.12. The van der Waals surface area contributed by atoms with E-state index in [1.54, 1.807) is 30.6 Å². The molecule has 1 fully saturated rings. The lowest BCUT2D eigenvalue weighted by atomic mass is 10.0. The zero-order chi connectivity index (χ0) is 18.2. The molecule has 152 valence electrons. The van der Waals surface area contributed by atoms with Gasteiger partial charge in [0.2, 0.25) is 5.91 Å². The van der Waals surface area contributed by atoms with E-state index >= 15 is 0 Å². The van der Waals surface area contributed by atoms with Crippen molar-refractivity contribution in [1.29, 1.82) is 0 Å². The average Bonchev–Trinajstić information content (AvgIpc) is 3.19. The molecule has 2 heterocycles. The number of carbonyl (C=O) groups excluding carboxylic acids is 2. The lowest BCUT2D eigenvalue weighted by molar-refractivity contribution is -0.116. The number of nitrogens with zero attached hydrogens (tertiary/aromatic N) is 1. The third kappa shape index (κ3) is 7.11. The SMILES string of the molecule is Cl.Cl.O=C(CCC1CCNC1)Nc1ccccc1C(=O)NCc1cccnc1. The predicted octanol–water partition coefficient (Wildman–Crippen LogP) is 3.18. The van der Waals surface area contributed by atoms with Gasteiger partial charge in [0.15, 0.2) is 0 Å². The molecule has 3 N–H and O–H groups in total. The summed E-state index contributed by atoms with van der Waals surface area (Å²) in [5, 5.41) is 9.06. The first-order valence-corrected chi connectivity index (χ1v) is 8.99. The number of amides is 2. The number of benzene rings is 1. The molecule has 1 aliphatic heterocycles. The van der Waals surface area contributed by atoms with E-state index in [0.717, 1.165) is 31.5 Å². The fraction of sp³-hybridized carbons (Fsp3) is 0.350. The summed E-state index contributed by atoms with van der Waals surface area (Å²) in [4.78, 5) is 28.8. The summed E-state index contributed by atoms with van der Waals surface area (Å²) in [5.74, 6) is 0.299. The van der Waals surface area contributed by atoms with Gasteiger partial charge in [-0.25, -0.2) is 0 Å². The molecular formula is C20H26Cl2N4O2. The maximum Gasteiger partial charge on any atom is 0.253 e. The van der Waals surface area contributed by atoms with E-state index in [1.165, 1.54) is 0 Å². The topological polar surface area (TPSA) is 83.1 Å². The molecule has 1 saturated heterocycles. The van der Waals surface area contributed by atoms with Crippen molar-refractivity contribution in [1.82, 2.24) is 15.6 Å². The van der Waals surface area contributed by atoms with Gasteiger partial charge in [0.05, 0.1) is 11.3 Å². The molecule has 0 saturated carbocycles. The molecule has 0 aliphatic carbocycles. The molecule has 8 heteroatoms. The van der Waals surface area contributed by atoms with Gasteiger partial charge in [0.1, 0.15) is 0 Å². The van der Waals surface area contributed by atoms with Gasteiger partial charge >= 0.3 is 0 Å². The Labute approximate surface area is 177 Å². The molecule has 3 rings (SSSR count). The van der Waals surface area contributed by atoms with Crippen LogP contribution in [0.2, 0.25) is 0 Å². The Bertz CT molecular complexity index is 753. The molecule has 1 aromatic heterocycles. The molecule has 1 unspecified atom stereocenters. The summed E-state index contributed by atoms with van der Waals surface area (Å²) in [6.07, 6.45) is 5.87. The van der Waals surface area contributed by atoms with Crippen molar-refractivity contribution in [3.8, 4) is 0 Å². The summed E-state index contributed by atoms with van der Waals surface area (Å²) >= 11 is 0. The third-order valence-electron chi connectivity index (χ3n) is 4.56. The Morgan fingerprint density at radius 1 is 1.14 bits per heavy atom. The maximum atomic E-state index is 12.5. The van der Waals surface area contributed by atoms with Gasteiger partial charge < -0.3 is 16.0 Å². The number of aromatic nitrogens is 1. The molecule has 0 radical (unpaired) electrons. The highest BCUT2D eigenvalue weighted by Gasteiger charge is 2.17. The highest BCUT2D eigenvalue weighted by Crippen LogP contribution is 2.18. The van der Waals surface area contributed by atoms with Crippen molar-refractivity contribution >= 4 is 42.3 Å². The van der Waals surface area contributed by atoms with Crippen LogP contribution in [0.1, 0.15) is 35.2 Å². The first-order chi connectivity index (χ1) is 12.7. The Balaban J connectivity index is 0.00000196. The Morgan fingerprint density at radius 2 is 1.96 bits per heavy atom. The number of hydrogen-bond donors (Lipinski definition) is 3. The van der Waals surface area contributed by atoms with E-state index < -0.39 is 0 Å². The molecule has 2 amide bonds. The molecule has 0 bridgehead atoms. The molecule has 1 aliphatic rings. The first-order valence-electron chi connectivity index (χ1n) is 8.99. The number of carbonyl (C=O) groups is 2. The van der Waals surface area contributed by atoms with Crippen molar-refractivity contribution in [2.75, 3.05) is 18.4 Å². The van der Waals surface area contributed by atoms with Crippen LogP contribution in [-0.2, 0) is 11.3 Å². The van der Waals surface area contributed by atoms with Gasteiger partial charge in [-0.2, -0.15) is 0 Å². The minimum Gasteiger partial charge on any atom is -0.348 e. The van der Waals surface area contributed by atoms with Crippen LogP contribution in [0.15, 0.2) is 48.8 Å². The highest BCUT2D eigenvalue weighted by atomic mass is 35.5. The number of rotatable bonds is 7. The number of nitrogens with one attached hydrogen (secondary N) is 3. The second-order valence-corrected chi connectivity index (χ2v) is 6.54. The monoisotopic (exact) mass is 424 g/mol. The van der Waals surface area contributed by atoms with Crippen LogP contribution >= 0.6 is 24.8 Å². The van der Waals surface area contributed by atoms with E-state index in [-0.39, 0.29) is 36.6 Å². The van der Waals surface area contributed by atoms with Crippen LogP contribution in [0, 0.1) is 5.92 Å². The summed E-state index contributed by atoms with van der Waals surface area (Å²) in [7, 11) is 0. The summed E-state index contributed by atoms with van der Waals surface area (Å²) < 4.78 is 0. The van der Waals surface area contributed by atoms with Crippen LogP contribution in [0.25, 0.3) is 0 Å². The number of halogens is 2. The van der Waals surface area contributed by atoms with Gasteiger partial charge in [-0.15, -0.1) is 24.8 Å². The predicted molar refractivity (Wildman–Crippen MR) is 115 cm³/mol. The smallest absolute Gasteiger partial charge is 0.253 e. The summed E-state index contributed by atoms with van der Waals surface area (Å²) in [6, 6.07) is 10.8. The zero-order valence-electron chi connectivity index (χ0n) is 15.5. The fourth-order valence-corrected chi connectivity index (χ4v) is 3.08. The Hall–Kier alpha value is -2.15. The molecular weight excluding hydrogens is 399 g/mol. The van der Waals surface area contributed by atoms with E-state index in [4.69, 9.17) is 0 Å². The van der Waals surface area contributed by atoms with Gasteiger partial charge in [-0.1, -0.05) is 18.2 Å². The van der Waals surface area contributed by atoms with Crippen LogP contribution in [0.3, 0.4) is 0 Å².